The van der Waals surface area contributed by atoms with Crippen LogP contribution >= 0.6 is 0 Å². The van der Waals surface area contributed by atoms with E-state index in [0.717, 1.165) is 12.1 Å². The molecule has 1 aliphatic rings. The number of rotatable bonds is 7. The van der Waals surface area contributed by atoms with E-state index in [9.17, 15) is 22.0 Å². The summed E-state index contributed by atoms with van der Waals surface area (Å²) in [6.45, 7) is 2.66. The van der Waals surface area contributed by atoms with Crippen molar-refractivity contribution in [3.05, 3.63) is 83.1 Å². The van der Waals surface area contributed by atoms with Crippen molar-refractivity contribution in [2.24, 2.45) is 5.10 Å². The number of halogens is 5. The SMILES string of the molecule is CCCOc1ccc(-c2cnc(CN3Cc4[nH]c(-c5cccc(F)c5F)nc4C=N3)cn2)c(C(F)(F)F)c1. The van der Waals surface area contributed by atoms with Gasteiger partial charge in [0.1, 0.15) is 17.3 Å². The lowest BCUT2D eigenvalue weighted by Crippen LogP contribution is -2.22. The Bertz CT molecular complexity index is 1480. The van der Waals surface area contributed by atoms with Crippen LogP contribution in [0.1, 0.15) is 36.0 Å². The van der Waals surface area contributed by atoms with Crippen LogP contribution < -0.4 is 4.74 Å². The molecule has 5 rings (SSSR count). The molecule has 0 saturated heterocycles. The maximum Gasteiger partial charge on any atom is 0.417 e. The molecule has 12 heteroatoms. The fourth-order valence-electron chi connectivity index (χ4n) is 3.97. The van der Waals surface area contributed by atoms with Crippen LogP contribution in [0.2, 0.25) is 0 Å². The van der Waals surface area contributed by atoms with Gasteiger partial charge in [-0.15, -0.1) is 0 Å². The number of H-pyrrole nitrogens is 1. The monoisotopic (exact) mass is 528 g/mol. The van der Waals surface area contributed by atoms with Gasteiger partial charge in [-0.25, -0.2) is 13.8 Å². The van der Waals surface area contributed by atoms with Crippen molar-refractivity contribution >= 4 is 6.21 Å². The minimum Gasteiger partial charge on any atom is -0.494 e. The summed E-state index contributed by atoms with van der Waals surface area (Å²) in [6, 6.07) is 7.61. The molecule has 0 saturated carbocycles. The van der Waals surface area contributed by atoms with Gasteiger partial charge in [-0.1, -0.05) is 13.0 Å². The molecule has 1 aliphatic heterocycles. The number of fused-ring (bicyclic) bond motifs is 1. The number of ether oxygens (including phenoxy) is 1. The molecule has 0 aliphatic carbocycles. The Kier molecular flexibility index (Phi) is 6.79. The zero-order valence-electron chi connectivity index (χ0n) is 20.1. The van der Waals surface area contributed by atoms with Crippen molar-refractivity contribution in [3.63, 3.8) is 0 Å². The second-order valence-electron chi connectivity index (χ2n) is 8.56. The van der Waals surface area contributed by atoms with Gasteiger partial charge in [0, 0.05) is 5.56 Å². The van der Waals surface area contributed by atoms with Gasteiger partial charge in [-0.2, -0.15) is 18.3 Å². The molecule has 1 N–H and O–H groups in total. The summed E-state index contributed by atoms with van der Waals surface area (Å²) in [7, 11) is 0. The number of hydrazone groups is 1. The van der Waals surface area contributed by atoms with Crippen LogP contribution in [0.25, 0.3) is 22.6 Å². The second kappa shape index (κ2) is 10.2. The number of aromatic nitrogens is 4. The molecule has 196 valence electrons. The molecule has 0 radical (unpaired) electrons. The first-order valence-corrected chi connectivity index (χ1v) is 11.7. The zero-order chi connectivity index (χ0) is 26.9. The minimum atomic E-state index is -4.60. The Labute approximate surface area is 214 Å². The number of alkyl halides is 3. The van der Waals surface area contributed by atoms with Crippen LogP contribution in [0.5, 0.6) is 5.75 Å². The van der Waals surface area contributed by atoms with E-state index in [0.29, 0.717) is 30.1 Å². The van der Waals surface area contributed by atoms with E-state index in [1.807, 2.05) is 6.92 Å². The summed E-state index contributed by atoms with van der Waals surface area (Å²) in [5.41, 5.74) is 0.728. The van der Waals surface area contributed by atoms with Crippen LogP contribution in [0, 0.1) is 11.6 Å². The van der Waals surface area contributed by atoms with E-state index >= 15 is 0 Å². The average molecular weight is 528 g/mol. The number of hydrogen-bond acceptors (Lipinski definition) is 6. The summed E-state index contributed by atoms with van der Waals surface area (Å²) in [6.07, 6.45) is 0.231. The maximum atomic E-state index is 14.2. The van der Waals surface area contributed by atoms with Crippen molar-refractivity contribution in [2.45, 2.75) is 32.6 Å². The Morgan fingerprint density at radius 1 is 1.05 bits per heavy atom. The van der Waals surface area contributed by atoms with Gasteiger partial charge in [0.2, 0.25) is 0 Å². The van der Waals surface area contributed by atoms with Crippen LogP contribution in [-0.4, -0.2) is 37.8 Å². The van der Waals surface area contributed by atoms with E-state index in [-0.39, 0.29) is 41.5 Å². The predicted octanol–water partition coefficient (Wildman–Crippen LogP) is 5.97. The number of hydrogen-bond donors (Lipinski definition) is 1. The molecule has 3 heterocycles. The zero-order valence-corrected chi connectivity index (χ0v) is 20.1. The number of nitrogens with one attached hydrogen (secondary N) is 1. The third-order valence-electron chi connectivity index (χ3n) is 5.80. The van der Waals surface area contributed by atoms with Gasteiger partial charge in [-0.3, -0.25) is 15.0 Å². The molecular formula is C26H21F5N6O. The summed E-state index contributed by atoms with van der Waals surface area (Å²) < 4.78 is 74.3. The van der Waals surface area contributed by atoms with E-state index in [1.165, 1.54) is 42.9 Å². The Morgan fingerprint density at radius 2 is 1.89 bits per heavy atom. The van der Waals surface area contributed by atoms with Crippen molar-refractivity contribution in [2.75, 3.05) is 6.61 Å². The van der Waals surface area contributed by atoms with Crippen LogP contribution in [0.4, 0.5) is 22.0 Å². The lowest BCUT2D eigenvalue weighted by molar-refractivity contribution is -0.137. The van der Waals surface area contributed by atoms with Gasteiger partial charge in [0.05, 0.1) is 66.5 Å². The second-order valence-corrected chi connectivity index (χ2v) is 8.56. The highest BCUT2D eigenvalue weighted by Crippen LogP contribution is 2.38. The predicted molar refractivity (Wildman–Crippen MR) is 129 cm³/mol. The van der Waals surface area contributed by atoms with E-state index in [2.05, 4.69) is 25.0 Å². The minimum absolute atomic E-state index is 0.00369. The number of benzene rings is 2. The number of aromatic amines is 1. The molecule has 0 fully saturated rings. The molecule has 7 nitrogen and oxygen atoms in total. The summed E-state index contributed by atoms with van der Waals surface area (Å²) in [5, 5.41) is 5.94. The van der Waals surface area contributed by atoms with Gasteiger partial charge in [-0.05, 0) is 36.8 Å². The van der Waals surface area contributed by atoms with Crippen molar-refractivity contribution in [1.82, 2.24) is 24.9 Å². The van der Waals surface area contributed by atoms with Crippen LogP contribution in [0.15, 0.2) is 53.9 Å². The lowest BCUT2D eigenvalue weighted by Gasteiger charge is -2.21. The molecule has 0 amide bonds. The Morgan fingerprint density at radius 3 is 2.63 bits per heavy atom. The first-order valence-electron chi connectivity index (χ1n) is 11.7. The van der Waals surface area contributed by atoms with Crippen LogP contribution in [0.3, 0.4) is 0 Å². The van der Waals surface area contributed by atoms with Gasteiger partial charge >= 0.3 is 6.18 Å². The Hall–Kier alpha value is -4.35. The quantitative estimate of drug-likeness (QED) is 0.299. The van der Waals surface area contributed by atoms with E-state index in [1.54, 1.807) is 5.01 Å². The van der Waals surface area contributed by atoms with Gasteiger partial charge in [0.15, 0.2) is 11.6 Å². The molecule has 2 aromatic carbocycles. The van der Waals surface area contributed by atoms with Crippen molar-refractivity contribution < 1.29 is 26.7 Å². The lowest BCUT2D eigenvalue weighted by atomic mass is 10.0. The highest BCUT2D eigenvalue weighted by molar-refractivity contribution is 5.80. The summed E-state index contributed by atoms with van der Waals surface area (Å²) in [5.74, 6) is -1.66. The number of imidazole rings is 1. The third-order valence-corrected chi connectivity index (χ3v) is 5.80. The molecule has 0 spiro atoms. The highest BCUT2D eigenvalue weighted by atomic mass is 19.4. The molecule has 4 aromatic rings. The largest absolute Gasteiger partial charge is 0.494 e. The molecule has 0 atom stereocenters. The van der Waals surface area contributed by atoms with Crippen molar-refractivity contribution in [1.29, 1.82) is 0 Å². The van der Waals surface area contributed by atoms with E-state index in [4.69, 9.17) is 4.74 Å². The molecule has 38 heavy (non-hydrogen) atoms. The summed E-state index contributed by atoms with van der Waals surface area (Å²) >= 11 is 0. The summed E-state index contributed by atoms with van der Waals surface area (Å²) in [4.78, 5) is 15.8. The first-order chi connectivity index (χ1) is 18.2. The fraction of sp³-hybridized carbons (Fsp3) is 0.231. The average Bonchev–Trinajstić information content (AvgIpc) is 3.32. The third kappa shape index (κ3) is 5.20. The number of nitrogens with zero attached hydrogens (tertiary/aromatic N) is 5. The van der Waals surface area contributed by atoms with Crippen LogP contribution in [-0.2, 0) is 19.3 Å². The molecule has 0 bridgehead atoms. The normalized spacial score (nSPS) is 13.1. The standard InChI is InChI=1S/C26H21F5N6O/c1-2-8-38-16-6-7-17(19(9-16)26(29,30)31)21-11-32-15(10-33-21)13-37-14-23-22(12-34-37)35-25(36-23)18-4-3-5-20(27)24(18)28/h3-7,9-12H,2,8,13-14H2,1H3,(H,35,36). The van der Waals surface area contributed by atoms with Gasteiger partial charge < -0.3 is 9.72 Å². The maximum absolute atomic E-state index is 14.2. The smallest absolute Gasteiger partial charge is 0.417 e. The molecule has 0 unspecified atom stereocenters. The molecule has 2 aromatic heterocycles. The van der Waals surface area contributed by atoms with E-state index < -0.39 is 23.4 Å². The topological polar surface area (TPSA) is 79.3 Å². The first kappa shape index (κ1) is 25.3. The Balaban J connectivity index is 1.31. The van der Waals surface area contributed by atoms with Crippen molar-refractivity contribution in [3.8, 4) is 28.4 Å². The fourth-order valence-corrected chi connectivity index (χ4v) is 3.97. The van der Waals surface area contributed by atoms with Gasteiger partial charge in [0.25, 0.3) is 0 Å². The highest BCUT2D eigenvalue weighted by Gasteiger charge is 2.34. The molecular weight excluding hydrogens is 507 g/mol.